The van der Waals surface area contributed by atoms with Gasteiger partial charge in [0, 0.05) is 48.8 Å². The van der Waals surface area contributed by atoms with Gasteiger partial charge in [-0.3, -0.25) is 4.79 Å². The number of nitrogens with zero attached hydrogens (tertiary/aromatic N) is 3. The van der Waals surface area contributed by atoms with Gasteiger partial charge in [-0.25, -0.2) is 0 Å². The lowest BCUT2D eigenvalue weighted by molar-refractivity contribution is 0.171. The number of hydrogen-bond donors (Lipinski definition) is 2. The average molecular weight is 557 g/mol. The normalized spacial score (nSPS) is 16.2. The SMILES string of the molecule is CCC(=NO)c1cc(OC)cc2c1ccc(=O)n2CCN1CCC(NCc2ccc3c(c2)OCCO3)CC1.Cl. The van der Waals surface area contributed by atoms with Crippen molar-refractivity contribution in [2.75, 3.05) is 40.0 Å². The van der Waals surface area contributed by atoms with Crippen LogP contribution in [-0.4, -0.2) is 66.4 Å². The van der Waals surface area contributed by atoms with Crippen molar-refractivity contribution >= 4 is 29.0 Å². The van der Waals surface area contributed by atoms with Crippen LogP contribution in [0.15, 0.2) is 52.4 Å². The number of oxime groups is 1. The van der Waals surface area contributed by atoms with Crippen molar-refractivity contribution in [2.45, 2.75) is 45.3 Å². The highest BCUT2D eigenvalue weighted by Gasteiger charge is 2.20. The number of pyridine rings is 1. The van der Waals surface area contributed by atoms with Gasteiger partial charge in [0.1, 0.15) is 19.0 Å². The molecule has 10 heteroatoms. The predicted molar refractivity (Wildman–Crippen MR) is 154 cm³/mol. The Morgan fingerprint density at radius 2 is 1.85 bits per heavy atom. The second kappa shape index (κ2) is 13.2. The van der Waals surface area contributed by atoms with Crippen LogP contribution in [0.1, 0.15) is 37.3 Å². The minimum Gasteiger partial charge on any atom is -0.497 e. The van der Waals surface area contributed by atoms with Crippen LogP contribution < -0.4 is 25.1 Å². The molecule has 1 fully saturated rings. The van der Waals surface area contributed by atoms with Gasteiger partial charge >= 0.3 is 0 Å². The summed E-state index contributed by atoms with van der Waals surface area (Å²) in [5.41, 5.74) is 3.27. The molecule has 2 N–H and O–H groups in total. The number of rotatable bonds is 9. The maximum Gasteiger partial charge on any atom is 0.251 e. The molecule has 0 unspecified atom stereocenters. The molecule has 9 nitrogen and oxygen atoms in total. The molecule has 1 aromatic heterocycles. The van der Waals surface area contributed by atoms with E-state index in [1.807, 2.05) is 31.2 Å². The molecular formula is C29H37ClN4O5. The van der Waals surface area contributed by atoms with Crippen molar-refractivity contribution in [1.82, 2.24) is 14.8 Å². The third kappa shape index (κ3) is 6.49. The number of likely N-dealkylation sites (tertiary alicyclic amines) is 1. The van der Waals surface area contributed by atoms with Gasteiger partial charge in [-0.2, -0.15) is 0 Å². The second-order valence-electron chi connectivity index (χ2n) is 9.81. The van der Waals surface area contributed by atoms with E-state index in [4.69, 9.17) is 14.2 Å². The van der Waals surface area contributed by atoms with Crippen LogP contribution in [-0.2, 0) is 13.1 Å². The van der Waals surface area contributed by atoms with Gasteiger partial charge in [-0.05, 0) is 62.2 Å². The van der Waals surface area contributed by atoms with E-state index >= 15 is 0 Å². The number of aromatic nitrogens is 1. The third-order valence-corrected chi connectivity index (χ3v) is 7.51. The van der Waals surface area contributed by atoms with Crippen LogP contribution in [0.4, 0.5) is 0 Å². The van der Waals surface area contributed by atoms with Crippen LogP contribution in [0.3, 0.4) is 0 Å². The molecule has 1 saturated heterocycles. The highest BCUT2D eigenvalue weighted by Crippen LogP contribution is 2.31. The fourth-order valence-electron chi connectivity index (χ4n) is 5.34. The first-order valence-electron chi connectivity index (χ1n) is 13.4. The molecule has 0 amide bonds. The largest absolute Gasteiger partial charge is 0.497 e. The van der Waals surface area contributed by atoms with Crippen LogP contribution in [0.2, 0.25) is 0 Å². The molecule has 0 aliphatic carbocycles. The highest BCUT2D eigenvalue weighted by atomic mass is 35.5. The summed E-state index contributed by atoms with van der Waals surface area (Å²) in [6.07, 6.45) is 2.68. The number of ether oxygens (including phenoxy) is 3. The summed E-state index contributed by atoms with van der Waals surface area (Å²) in [7, 11) is 1.60. The van der Waals surface area contributed by atoms with Gasteiger partial charge in [-0.1, -0.05) is 18.1 Å². The Hall–Kier alpha value is -3.27. The number of hydrogen-bond acceptors (Lipinski definition) is 8. The summed E-state index contributed by atoms with van der Waals surface area (Å²) >= 11 is 0. The number of piperidine rings is 1. The van der Waals surface area contributed by atoms with Crippen LogP contribution in [0, 0.1) is 0 Å². The molecule has 210 valence electrons. The van der Waals surface area contributed by atoms with Gasteiger partial charge in [0.05, 0.1) is 18.3 Å². The molecule has 2 aliphatic heterocycles. The lowest BCUT2D eigenvalue weighted by Gasteiger charge is -2.32. The van der Waals surface area contributed by atoms with E-state index < -0.39 is 0 Å². The Morgan fingerprint density at radius 3 is 2.56 bits per heavy atom. The van der Waals surface area contributed by atoms with Gasteiger partial charge in [0.2, 0.25) is 0 Å². The van der Waals surface area contributed by atoms with Gasteiger partial charge in [0.15, 0.2) is 11.5 Å². The molecule has 0 bridgehead atoms. The summed E-state index contributed by atoms with van der Waals surface area (Å²) in [5, 5.41) is 17.6. The average Bonchev–Trinajstić information content (AvgIpc) is 2.96. The summed E-state index contributed by atoms with van der Waals surface area (Å²) in [5.74, 6) is 2.28. The Kier molecular flexibility index (Phi) is 9.72. The Morgan fingerprint density at radius 1 is 1.08 bits per heavy atom. The van der Waals surface area contributed by atoms with Crippen molar-refractivity contribution < 1.29 is 19.4 Å². The zero-order valence-corrected chi connectivity index (χ0v) is 23.3. The number of methoxy groups -OCH3 is 1. The summed E-state index contributed by atoms with van der Waals surface area (Å²) in [6, 6.07) is 13.7. The van der Waals surface area contributed by atoms with E-state index in [1.54, 1.807) is 17.7 Å². The molecule has 2 aliphatic rings. The Labute approximate surface area is 234 Å². The van der Waals surface area contributed by atoms with Gasteiger partial charge in [0.25, 0.3) is 5.56 Å². The molecule has 0 spiro atoms. The molecular weight excluding hydrogens is 520 g/mol. The monoisotopic (exact) mass is 556 g/mol. The van der Waals surface area contributed by atoms with Crippen LogP contribution in [0.5, 0.6) is 17.2 Å². The fraction of sp³-hybridized carbons (Fsp3) is 0.448. The quantitative estimate of drug-likeness (QED) is 0.233. The fourth-order valence-corrected chi connectivity index (χ4v) is 5.34. The van der Waals surface area contributed by atoms with E-state index in [0.717, 1.165) is 67.0 Å². The van der Waals surface area contributed by atoms with E-state index in [-0.39, 0.29) is 18.0 Å². The predicted octanol–water partition coefficient (Wildman–Crippen LogP) is 4.05. The van der Waals surface area contributed by atoms with Crippen molar-refractivity contribution in [3.63, 3.8) is 0 Å². The second-order valence-corrected chi connectivity index (χ2v) is 9.81. The maximum absolute atomic E-state index is 12.9. The van der Waals surface area contributed by atoms with Crippen molar-refractivity contribution in [2.24, 2.45) is 5.16 Å². The van der Waals surface area contributed by atoms with Crippen LogP contribution in [0.25, 0.3) is 10.9 Å². The summed E-state index contributed by atoms with van der Waals surface area (Å²) < 4.78 is 18.6. The zero-order valence-electron chi connectivity index (χ0n) is 22.5. The molecule has 0 radical (unpaired) electrons. The molecule has 0 saturated carbocycles. The van der Waals surface area contributed by atoms with Crippen molar-refractivity contribution in [3.8, 4) is 17.2 Å². The zero-order chi connectivity index (χ0) is 26.5. The van der Waals surface area contributed by atoms with E-state index in [0.29, 0.717) is 43.7 Å². The maximum atomic E-state index is 12.9. The first kappa shape index (κ1) is 28.7. The molecule has 3 heterocycles. The summed E-state index contributed by atoms with van der Waals surface area (Å²) in [6.45, 7) is 7.25. The standard InChI is InChI=1S/C29H36N4O5.ClH/c1-3-25(31-35)24-17-22(36-2)18-26-23(24)5-7-29(34)33(26)13-12-32-10-8-21(9-11-32)30-19-20-4-6-27-28(16-20)38-15-14-37-27;/h4-7,16-18,21,30,35H,3,8-15,19H2,1-2H3;1H. The van der Waals surface area contributed by atoms with Gasteiger partial charge < -0.3 is 34.2 Å². The summed E-state index contributed by atoms with van der Waals surface area (Å²) in [4.78, 5) is 15.3. The lowest BCUT2D eigenvalue weighted by Crippen LogP contribution is -2.43. The van der Waals surface area contributed by atoms with E-state index in [1.165, 1.54) is 5.56 Å². The first-order chi connectivity index (χ1) is 18.6. The lowest BCUT2D eigenvalue weighted by atomic mass is 10.0. The van der Waals surface area contributed by atoms with E-state index in [9.17, 15) is 10.0 Å². The molecule has 0 atom stereocenters. The number of benzene rings is 2. The molecule has 2 aromatic carbocycles. The minimum atomic E-state index is -0.0494. The highest BCUT2D eigenvalue weighted by molar-refractivity contribution is 6.10. The number of fused-ring (bicyclic) bond motifs is 2. The topological polar surface area (TPSA) is 97.6 Å². The Balaban J connectivity index is 0.00000353. The van der Waals surface area contributed by atoms with Crippen LogP contribution >= 0.6 is 12.4 Å². The van der Waals surface area contributed by atoms with Crippen molar-refractivity contribution in [1.29, 1.82) is 0 Å². The van der Waals surface area contributed by atoms with E-state index in [2.05, 4.69) is 27.5 Å². The number of halogens is 1. The smallest absolute Gasteiger partial charge is 0.251 e. The van der Waals surface area contributed by atoms with Crippen molar-refractivity contribution in [3.05, 3.63) is 63.9 Å². The Bertz CT molecular complexity index is 1370. The third-order valence-electron chi connectivity index (χ3n) is 7.51. The van der Waals surface area contributed by atoms with Gasteiger partial charge in [-0.15, -0.1) is 12.4 Å². The number of nitrogens with one attached hydrogen (secondary N) is 1. The minimum absolute atomic E-state index is 0. The molecule has 39 heavy (non-hydrogen) atoms. The molecule has 5 rings (SSSR count). The molecule has 3 aromatic rings. The first-order valence-corrected chi connectivity index (χ1v) is 13.4.